The quantitative estimate of drug-likeness (QED) is 0.714. The number of piperidine rings is 1. The van der Waals surface area contributed by atoms with Crippen LogP contribution in [0.15, 0.2) is 54.6 Å². The van der Waals surface area contributed by atoms with E-state index in [1.165, 1.54) is 0 Å². The molecule has 0 spiro atoms. The zero-order chi connectivity index (χ0) is 20.6. The van der Waals surface area contributed by atoms with Crippen molar-refractivity contribution < 1.29 is 19.4 Å². The third kappa shape index (κ3) is 5.81. The molecule has 1 saturated heterocycles. The molecule has 154 valence electrons. The molecular formula is C23H28N2O4. The highest BCUT2D eigenvalue weighted by Gasteiger charge is 2.29. The Hall–Kier alpha value is -2.86. The molecule has 6 heteroatoms. The van der Waals surface area contributed by atoms with E-state index >= 15 is 0 Å². The van der Waals surface area contributed by atoms with E-state index in [0.29, 0.717) is 13.2 Å². The number of hydrogen-bond donors (Lipinski definition) is 2. The van der Waals surface area contributed by atoms with Gasteiger partial charge in [-0.3, -0.25) is 9.69 Å². The Morgan fingerprint density at radius 1 is 1.14 bits per heavy atom. The molecule has 2 atom stereocenters. The molecule has 1 aliphatic rings. The molecular weight excluding hydrogens is 368 g/mol. The fourth-order valence-corrected chi connectivity index (χ4v) is 3.66. The number of carbonyl (C=O) groups is 2. The van der Waals surface area contributed by atoms with E-state index in [1.54, 1.807) is 24.3 Å². The van der Waals surface area contributed by atoms with E-state index in [0.717, 1.165) is 37.1 Å². The number of nitrogens with zero attached hydrogens (tertiary/aromatic N) is 1. The van der Waals surface area contributed by atoms with Crippen LogP contribution in [0.4, 0.5) is 0 Å². The summed E-state index contributed by atoms with van der Waals surface area (Å²) >= 11 is 0. The van der Waals surface area contributed by atoms with Crippen molar-refractivity contribution in [2.24, 2.45) is 0 Å². The van der Waals surface area contributed by atoms with Crippen molar-refractivity contribution >= 4 is 11.9 Å². The molecule has 0 radical (unpaired) electrons. The third-order valence-electron chi connectivity index (χ3n) is 5.32. The highest BCUT2D eigenvalue weighted by Crippen LogP contribution is 2.20. The normalized spacial score (nSPS) is 18.0. The van der Waals surface area contributed by atoms with Crippen LogP contribution in [0.1, 0.15) is 48.1 Å². The zero-order valence-corrected chi connectivity index (χ0v) is 16.7. The molecule has 2 aromatic rings. The molecule has 2 N–H and O–H groups in total. The SMILES string of the molecule is CC(NC(=O)C1CCCCN1CCOc1ccccc1)c1ccc(C(=O)O)cc1. The van der Waals surface area contributed by atoms with E-state index in [2.05, 4.69) is 10.2 Å². The van der Waals surface area contributed by atoms with Crippen LogP contribution < -0.4 is 10.1 Å². The van der Waals surface area contributed by atoms with Gasteiger partial charge in [-0.1, -0.05) is 36.8 Å². The maximum Gasteiger partial charge on any atom is 0.335 e. The predicted molar refractivity (Wildman–Crippen MR) is 111 cm³/mol. The third-order valence-corrected chi connectivity index (χ3v) is 5.32. The molecule has 0 aliphatic carbocycles. The van der Waals surface area contributed by atoms with E-state index in [4.69, 9.17) is 9.84 Å². The summed E-state index contributed by atoms with van der Waals surface area (Å²) in [6.45, 7) is 4.05. The Morgan fingerprint density at radius 2 is 1.86 bits per heavy atom. The number of rotatable bonds is 8. The van der Waals surface area contributed by atoms with Gasteiger partial charge in [-0.15, -0.1) is 0 Å². The van der Waals surface area contributed by atoms with Crippen molar-refractivity contribution in [3.05, 3.63) is 65.7 Å². The molecule has 1 amide bonds. The summed E-state index contributed by atoms with van der Waals surface area (Å²) in [6.07, 6.45) is 2.96. The molecule has 0 bridgehead atoms. The minimum Gasteiger partial charge on any atom is -0.492 e. The molecule has 3 rings (SSSR count). The van der Waals surface area contributed by atoms with E-state index < -0.39 is 5.97 Å². The van der Waals surface area contributed by atoms with Crippen LogP contribution in [0.3, 0.4) is 0 Å². The number of likely N-dealkylation sites (tertiary alicyclic amines) is 1. The molecule has 29 heavy (non-hydrogen) atoms. The molecule has 6 nitrogen and oxygen atoms in total. The minimum absolute atomic E-state index is 0.0132. The topological polar surface area (TPSA) is 78.9 Å². The molecule has 1 aliphatic heterocycles. The van der Waals surface area contributed by atoms with Crippen molar-refractivity contribution in [2.75, 3.05) is 19.7 Å². The standard InChI is InChI=1S/C23H28N2O4/c1-17(18-10-12-19(13-11-18)23(27)28)24-22(26)21-9-5-6-14-25(21)15-16-29-20-7-3-2-4-8-20/h2-4,7-8,10-13,17,21H,5-6,9,14-16H2,1H3,(H,24,26)(H,27,28). The Bertz CT molecular complexity index is 807. The second-order valence-electron chi connectivity index (χ2n) is 7.37. The van der Waals surface area contributed by atoms with Crippen LogP contribution in [0, 0.1) is 0 Å². The van der Waals surface area contributed by atoms with Gasteiger partial charge in [-0.25, -0.2) is 4.79 Å². The highest BCUT2D eigenvalue weighted by molar-refractivity contribution is 5.87. The first kappa shape index (κ1) is 20.9. The highest BCUT2D eigenvalue weighted by atomic mass is 16.5. The van der Waals surface area contributed by atoms with Crippen molar-refractivity contribution in [3.63, 3.8) is 0 Å². The van der Waals surface area contributed by atoms with Gasteiger partial charge >= 0.3 is 5.97 Å². The second kappa shape index (κ2) is 10.1. The molecule has 0 saturated carbocycles. The van der Waals surface area contributed by atoms with Gasteiger partial charge in [-0.05, 0) is 56.1 Å². The Morgan fingerprint density at radius 3 is 2.55 bits per heavy atom. The second-order valence-corrected chi connectivity index (χ2v) is 7.37. The number of hydrogen-bond acceptors (Lipinski definition) is 4. The fraction of sp³-hybridized carbons (Fsp3) is 0.391. The summed E-state index contributed by atoms with van der Waals surface area (Å²) in [5, 5.41) is 12.1. The van der Waals surface area contributed by atoms with Crippen molar-refractivity contribution in [2.45, 2.75) is 38.3 Å². The van der Waals surface area contributed by atoms with E-state index in [-0.39, 0.29) is 23.6 Å². The lowest BCUT2D eigenvalue weighted by Gasteiger charge is -2.35. The summed E-state index contributed by atoms with van der Waals surface area (Å²) in [6, 6.07) is 16.0. The van der Waals surface area contributed by atoms with Gasteiger partial charge in [0.1, 0.15) is 12.4 Å². The summed E-state index contributed by atoms with van der Waals surface area (Å²) in [5.41, 5.74) is 1.13. The lowest BCUT2D eigenvalue weighted by Crippen LogP contribution is -2.51. The first-order chi connectivity index (χ1) is 14.0. The number of carbonyl (C=O) groups excluding carboxylic acids is 1. The fourth-order valence-electron chi connectivity index (χ4n) is 3.66. The van der Waals surface area contributed by atoms with E-state index in [1.807, 2.05) is 37.3 Å². The van der Waals surface area contributed by atoms with Crippen LogP contribution in [-0.4, -0.2) is 47.6 Å². The minimum atomic E-state index is -0.955. The predicted octanol–water partition coefficient (Wildman–Crippen LogP) is 3.50. The Balaban J connectivity index is 1.54. The monoisotopic (exact) mass is 396 g/mol. The maximum atomic E-state index is 12.9. The largest absolute Gasteiger partial charge is 0.492 e. The van der Waals surface area contributed by atoms with Gasteiger partial charge in [0.15, 0.2) is 0 Å². The van der Waals surface area contributed by atoms with Crippen LogP contribution in [-0.2, 0) is 4.79 Å². The van der Waals surface area contributed by atoms with Gasteiger partial charge in [-0.2, -0.15) is 0 Å². The number of para-hydroxylation sites is 1. The molecule has 1 fully saturated rings. The van der Waals surface area contributed by atoms with Crippen molar-refractivity contribution in [1.29, 1.82) is 0 Å². The summed E-state index contributed by atoms with van der Waals surface area (Å²) in [4.78, 5) is 26.1. The first-order valence-electron chi connectivity index (χ1n) is 10.1. The number of carboxylic acid groups (broad SMARTS) is 1. The van der Waals surface area contributed by atoms with Crippen LogP contribution in [0.25, 0.3) is 0 Å². The number of ether oxygens (including phenoxy) is 1. The summed E-state index contributed by atoms with van der Waals surface area (Å²) in [5.74, 6) is -0.105. The molecule has 1 heterocycles. The van der Waals surface area contributed by atoms with Gasteiger partial charge in [0.05, 0.1) is 17.6 Å². The average molecular weight is 396 g/mol. The average Bonchev–Trinajstić information content (AvgIpc) is 2.75. The number of benzene rings is 2. The number of nitrogens with one attached hydrogen (secondary N) is 1. The zero-order valence-electron chi connectivity index (χ0n) is 16.7. The van der Waals surface area contributed by atoms with Gasteiger partial charge < -0.3 is 15.2 Å². The van der Waals surface area contributed by atoms with Crippen molar-refractivity contribution in [3.8, 4) is 5.75 Å². The maximum absolute atomic E-state index is 12.9. The van der Waals surface area contributed by atoms with Crippen molar-refractivity contribution in [1.82, 2.24) is 10.2 Å². The Labute approximate surface area is 171 Å². The lowest BCUT2D eigenvalue weighted by atomic mass is 10.00. The number of carboxylic acids is 1. The molecule has 0 aromatic heterocycles. The van der Waals surface area contributed by atoms with E-state index in [9.17, 15) is 9.59 Å². The summed E-state index contributed by atoms with van der Waals surface area (Å²) in [7, 11) is 0. The van der Waals surface area contributed by atoms with Crippen LogP contribution in [0.2, 0.25) is 0 Å². The molecule has 2 unspecified atom stereocenters. The molecule has 2 aromatic carbocycles. The summed E-state index contributed by atoms with van der Waals surface area (Å²) < 4.78 is 5.80. The van der Waals surface area contributed by atoms with Gasteiger partial charge in [0, 0.05) is 6.54 Å². The smallest absolute Gasteiger partial charge is 0.335 e. The van der Waals surface area contributed by atoms with Crippen LogP contribution in [0.5, 0.6) is 5.75 Å². The number of amides is 1. The lowest BCUT2D eigenvalue weighted by molar-refractivity contribution is -0.128. The Kier molecular flexibility index (Phi) is 7.25. The number of aromatic carboxylic acids is 1. The van der Waals surface area contributed by atoms with Gasteiger partial charge in [0.25, 0.3) is 0 Å². The van der Waals surface area contributed by atoms with Gasteiger partial charge in [0.2, 0.25) is 5.91 Å². The van der Waals surface area contributed by atoms with Crippen LogP contribution >= 0.6 is 0 Å². The first-order valence-corrected chi connectivity index (χ1v) is 10.1.